The predicted octanol–water partition coefficient (Wildman–Crippen LogP) is 5.54. The Labute approximate surface area is 270 Å². The fourth-order valence-corrected chi connectivity index (χ4v) is 8.82. The Hall–Kier alpha value is -3.90. The maximum atomic E-state index is 17.1. The number of hydrogen-bond acceptors (Lipinski definition) is 9. The van der Waals surface area contributed by atoms with Gasteiger partial charge in [-0.2, -0.15) is 30.1 Å². The zero-order chi connectivity index (χ0) is 31.0. The smallest absolute Gasteiger partial charge is 0.319 e. The highest BCUT2D eigenvalue weighted by Crippen LogP contribution is 2.42. The topological polar surface area (TPSA) is 114 Å². The zero-order valence-electron chi connectivity index (χ0n) is 25.8. The van der Waals surface area contributed by atoms with Gasteiger partial charge in [0.1, 0.15) is 23.6 Å². The molecule has 5 aromatic rings. The van der Waals surface area contributed by atoms with Crippen molar-refractivity contribution in [2.45, 2.75) is 69.9 Å². The number of hydrogen-bond donors (Lipinski definition) is 1. The summed E-state index contributed by atoms with van der Waals surface area (Å²) in [6.07, 6.45) is 12.1. The molecule has 0 saturated carbocycles. The lowest BCUT2D eigenvalue weighted by atomic mass is 9.88. The van der Waals surface area contributed by atoms with Crippen molar-refractivity contribution in [1.82, 2.24) is 45.0 Å². The average molecular weight is 643 g/mol. The Kier molecular flexibility index (Phi) is 6.67. The van der Waals surface area contributed by atoms with Crippen LogP contribution in [-0.2, 0) is 13.0 Å². The molecule has 1 aromatic carbocycles. The van der Waals surface area contributed by atoms with Gasteiger partial charge in [0.25, 0.3) is 0 Å². The molecular formula is C33H36ClFN10O. The summed E-state index contributed by atoms with van der Waals surface area (Å²) in [6.45, 7) is 6.99. The van der Waals surface area contributed by atoms with Gasteiger partial charge in [0.05, 0.1) is 41.1 Å². The van der Waals surface area contributed by atoms with E-state index < -0.39 is 5.82 Å². The minimum absolute atomic E-state index is 0.00727. The number of ether oxygens (including phenoxy) is 1. The maximum absolute atomic E-state index is 17.1. The number of H-pyrrole nitrogens is 1. The molecule has 9 heterocycles. The summed E-state index contributed by atoms with van der Waals surface area (Å²) in [5, 5.41) is 18.6. The summed E-state index contributed by atoms with van der Waals surface area (Å²) >= 11 is 6.89. The maximum Gasteiger partial charge on any atom is 0.319 e. The fraction of sp³-hybridized carbons (Fsp3) is 0.515. The second-order valence-corrected chi connectivity index (χ2v) is 14.1. The van der Waals surface area contributed by atoms with Crippen LogP contribution in [0.5, 0.6) is 6.01 Å². The third kappa shape index (κ3) is 4.55. The Morgan fingerprint density at radius 1 is 1.07 bits per heavy atom. The number of halogens is 2. The quantitative estimate of drug-likeness (QED) is 0.271. The molecule has 1 N–H and O–H groups in total. The van der Waals surface area contributed by atoms with Crippen molar-refractivity contribution in [2.24, 2.45) is 5.92 Å². The summed E-state index contributed by atoms with van der Waals surface area (Å²) in [4.78, 5) is 21.1. The first-order valence-corrected chi connectivity index (χ1v) is 16.9. The molecule has 3 fully saturated rings. The molecule has 4 aromatic heterocycles. The molecule has 0 aliphatic carbocycles. The van der Waals surface area contributed by atoms with E-state index in [4.69, 9.17) is 36.4 Å². The summed E-state index contributed by atoms with van der Waals surface area (Å²) < 4.78 is 23.6. The molecule has 10 rings (SSSR count). The van der Waals surface area contributed by atoms with E-state index in [1.165, 1.54) is 12.8 Å². The Balaban J connectivity index is 1.24. The summed E-state index contributed by atoms with van der Waals surface area (Å²) in [5.41, 5.74) is 3.52. The SMILES string of the molecule is CC1CC2CN(C1)c1nc(OCC34CCCN3CCC4)nc3c(F)c(ncc13)-c1c(c(Cl)cc3[nH]ncc13)CCCn1ncc2n1. The number of piperidine rings is 1. The minimum atomic E-state index is -0.510. The third-order valence-electron chi connectivity index (χ3n) is 10.7. The lowest BCUT2D eigenvalue weighted by Gasteiger charge is -2.37. The molecule has 2 unspecified atom stereocenters. The number of anilines is 1. The van der Waals surface area contributed by atoms with E-state index in [-0.39, 0.29) is 28.7 Å². The van der Waals surface area contributed by atoms with Crippen LogP contribution in [0.1, 0.15) is 62.6 Å². The predicted molar refractivity (Wildman–Crippen MR) is 173 cm³/mol. The summed E-state index contributed by atoms with van der Waals surface area (Å²) in [6, 6.07) is 2.05. The van der Waals surface area contributed by atoms with Crippen molar-refractivity contribution in [3.8, 4) is 17.3 Å². The van der Waals surface area contributed by atoms with Crippen LogP contribution in [0.4, 0.5) is 10.2 Å². The number of aryl methyl sites for hydroxylation is 1. The molecule has 11 nitrogen and oxygen atoms in total. The van der Waals surface area contributed by atoms with E-state index >= 15 is 4.39 Å². The van der Waals surface area contributed by atoms with Gasteiger partial charge in [0, 0.05) is 41.2 Å². The Morgan fingerprint density at radius 2 is 1.93 bits per heavy atom. The highest BCUT2D eigenvalue weighted by molar-refractivity contribution is 6.33. The monoisotopic (exact) mass is 642 g/mol. The number of nitrogens with one attached hydrogen (secondary N) is 1. The van der Waals surface area contributed by atoms with Crippen LogP contribution in [0.3, 0.4) is 0 Å². The van der Waals surface area contributed by atoms with Gasteiger partial charge in [-0.25, -0.2) is 4.39 Å². The molecule has 0 radical (unpaired) electrons. The third-order valence-corrected chi connectivity index (χ3v) is 11.0. The van der Waals surface area contributed by atoms with Gasteiger partial charge in [-0.1, -0.05) is 18.5 Å². The highest BCUT2D eigenvalue weighted by atomic mass is 35.5. The van der Waals surface area contributed by atoms with Gasteiger partial charge < -0.3 is 9.64 Å². The van der Waals surface area contributed by atoms with E-state index in [0.29, 0.717) is 53.8 Å². The van der Waals surface area contributed by atoms with Crippen LogP contribution in [0, 0.1) is 11.7 Å². The Bertz CT molecular complexity index is 1970. The number of aromatic amines is 1. The van der Waals surface area contributed by atoms with Gasteiger partial charge in [0.2, 0.25) is 0 Å². The van der Waals surface area contributed by atoms with Gasteiger partial charge in [-0.3, -0.25) is 15.0 Å². The van der Waals surface area contributed by atoms with Crippen molar-refractivity contribution in [3.63, 3.8) is 0 Å². The average Bonchev–Trinajstić information content (AvgIpc) is 3.85. The van der Waals surface area contributed by atoms with E-state index in [0.717, 1.165) is 67.5 Å². The van der Waals surface area contributed by atoms with Crippen LogP contribution < -0.4 is 9.64 Å². The second kappa shape index (κ2) is 10.8. The van der Waals surface area contributed by atoms with Crippen molar-refractivity contribution in [2.75, 3.05) is 37.7 Å². The number of rotatable bonds is 3. The van der Waals surface area contributed by atoms with Crippen LogP contribution in [0.2, 0.25) is 5.02 Å². The molecular weight excluding hydrogens is 607 g/mol. The minimum Gasteiger partial charge on any atom is -0.461 e. The molecule has 46 heavy (non-hydrogen) atoms. The standard InChI is InChI=1S/C33H36ClFN10O/c1-19-11-20-17-43(16-19)31-23-13-36-30(28(35)29(23)39-32(40-31)46-18-33-6-3-8-44(33)9-4-7-33)27-21(5-2-10-45-38-15-26(20)42-45)24(34)12-25-22(27)14-37-41-25/h12-15,19-20H,2-11,16-18H2,1H3,(H,37,41). The van der Waals surface area contributed by atoms with Gasteiger partial charge in [-0.15, -0.1) is 0 Å². The van der Waals surface area contributed by atoms with Gasteiger partial charge in [0.15, 0.2) is 5.82 Å². The number of aromatic nitrogens is 8. The molecule has 0 spiro atoms. The molecule has 3 saturated heterocycles. The number of nitrogens with zero attached hydrogens (tertiary/aromatic N) is 9. The molecule has 8 bridgehead atoms. The fourth-order valence-electron chi connectivity index (χ4n) is 8.52. The van der Waals surface area contributed by atoms with Crippen LogP contribution >= 0.6 is 11.6 Å². The number of benzene rings is 1. The lowest BCUT2D eigenvalue weighted by Crippen LogP contribution is -2.43. The summed E-state index contributed by atoms with van der Waals surface area (Å²) in [5.74, 6) is 0.651. The lowest BCUT2D eigenvalue weighted by molar-refractivity contribution is 0.108. The van der Waals surface area contributed by atoms with Gasteiger partial charge in [-0.05, 0) is 75.6 Å². The first kappa shape index (κ1) is 28.3. The molecule has 2 atom stereocenters. The number of fused-ring (bicyclic) bond motifs is 5. The zero-order valence-corrected chi connectivity index (χ0v) is 26.6. The molecule has 5 aliphatic rings. The summed E-state index contributed by atoms with van der Waals surface area (Å²) in [7, 11) is 0. The number of pyridine rings is 1. The molecule has 5 aliphatic heterocycles. The Morgan fingerprint density at radius 3 is 2.80 bits per heavy atom. The van der Waals surface area contributed by atoms with Gasteiger partial charge >= 0.3 is 6.01 Å². The first-order valence-electron chi connectivity index (χ1n) is 16.5. The van der Waals surface area contributed by atoms with E-state index in [1.807, 2.05) is 12.3 Å². The normalized spacial score (nSPS) is 22.6. The van der Waals surface area contributed by atoms with Crippen LogP contribution in [0.15, 0.2) is 24.7 Å². The van der Waals surface area contributed by atoms with Crippen molar-refractivity contribution < 1.29 is 9.13 Å². The van der Waals surface area contributed by atoms with E-state index in [9.17, 15) is 0 Å². The first-order chi connectivity index (χ1) is 22.5. The second-order valence-electron chi connectivity index (χ2n) is 13.7. The highest BCUT2D eigenvalue weighted by Gasteiger charge is 2.45. The van der Waals surface area contributed by atoms with Crippen molar-refractivity contribution in [1.29, 1.82) is 0 Å². The van der Waals surface area contributed by atoms with E-state index in [2.05, 4.69) is 32.0 Å². The molecule has 0 amide bonds. The largest absolute Gasteiger partial charge is 0.461 e. The van der Waals surface area contributed by atoms with Crippen molar-refractivity contribution >= 4 is 39.2 Å². The van der Waals surface area contributed by atoms with Crippen LogP contribution in [0.25, 0.3) is 33.1 Å². The van der Waals surface area contributed by atoms with Crippen molar-refractivity contribution in [3.05, 3.63) is 46.8 Å². The van der Waals surface area contributed by atoms with Crippen LogP contribution in [-0.4, -0.2) is 83.4 Å². The van der Waals surface area contributed by atoms with E-state index in [1.54, 1.807) is 17.2 Å². The molecule has 238 valence electrons. The molecule has 13 heteroatoms.